The van der Waals surface area contributed by atoms with Crippen LogP contribution in [0.4, 0.5) is 5.82 Å². The van der Waals surface area contributed by atoms with Gasteiger partial charge in [-0.15, -0.1) is 11.3 Å². The molecule has 0 spiro atoms. The van der Waals surface area contributed by atoms with Gasteiger partial charge in [0.2, 0.25) is 0 Å². The van der Waals surface area contributed by atoms with Crippen LogP contribution in [-0.4, -0.2) is 44.7 Å². The molecule has 7 heteroatoms. The molecule has 24 heavy (non-hydrogen) atoms. The molecule has 1 aliphatic heterocycles. The van der Waals surface area contributed by atoms with E-state index in [1.807, 2.05) is 11.3 Å². The van der Waals surface area contributed by atoms with Crippen molar-refractivity contribution >= 4 is 28.2 Å². The molecule has 0 aliphatic carbocycles. The third-order valence-corrected chi connectivity index (χ3v) is 5.82. The minimum Gasteiger partial charge on any atom is -0.367 e. The van der Waals surface area contributed by atoms with E-state index in [4.69, 9.17) is 0 Å². The van der Waals surface area contributed by atoms with Crippen molar-refractivity contribution in [2.24, 2.45) is 5.92 Å². The second-order valence-corrected chi connectivity index (χ2v) is 7.46. The maximum atomic E-state index is 4.39. The van der Waals surface area contributed by atoms with E-state index in [9.17, 15) is 0 Å². The summed E-state index contributed by atoms with van der Waals surface area (Å²) in [5, 5.41) is 13.6. The highest BCUT2D eigenvalue weighted by Crippen LogP contribution is 2.30. The molecule has 1 fully saturated rings. The minimum atomic E-state index is 0.384. The highest BCUT2D eigenvalue weighted by molar-refractivity contribution is 7.10. The van der Waals surface area contributed by atoms with Gasteiger partial charge in [0.15, 0.2) is 5.65 Å². The van der Waals surface area contributed by atoms with Gasteiger partial charge in [0, 0.05) is 11.4 Å². The van der Waals surface area contributed by atoms with Gasteiger partial charge in [-0.3, -0.25) is 10.00 Å². The average molecular weight is 342 g/mol. The van der Waals surface area contributed by atoms with E-state index in [-0.39, 0.29) is 0 Å². The summed E-state index contributed by atoms with van der Waals surface area (Å²) in [6.07, 6.45) is 5.91. The Morgan fingerprint density at radius 2 is 2.25 bits per heavy atom. The predicted octanol–water partition coefficient (Wildman–Crippen LogP) is 3.30. The number of anilines is 1. The Morgan fingerprint density at radius 3 is 3.04 bits per heavy atom. The minimum absolute atomic E-state index is 0.384. The Labute approximate surface area is 145 Å². The highest BCUT2D eigenvalue weighted by Gasteiger charge is 2.25. The first-order valence-electron chi connectivity index (χ1n) is 8.46. The number of thiophene rings is 1. The monoisotopic (exact) mass is 342 g/mol. The molecule has 0 amide bonds. The number of aromatic nitrogens is 4. The number of nitrogens with zero attached hydrogens (tertiary/aromatic N) is 4. The van der Waals surface area contributed by atoms with Crippen molar-refractivity contribution in [2.75, 3.05) is 25.0 Å². The summed E-state index contributed by atoms with van der Waals surface area (Å²) in [5.41, 5.74) is 0.770. The van der Waals surface area contributed by atoms with Crippen LogP contribution in [0.3, 0.4) is 0 Å². The summed E-state index contributed by atoms with van der Waals surface area (Å²) in [6.45, 7) is 5.52. The third-order valence-electron chi connectivity index (χ3n) is 4.84. The first kappa shape index (κ1) is 15.5. The first-order chi connectivity index (χ1) is 11.8. The summed E-state index contributed by atoms with van der Waals surface area (Å²) in [5.74, 6) is 1.69. The molecule has 3 aromatic heterocycles. The predicted molar refractivity (Wildman–Crippen MR) is 97.2 cm³/mol. The van der Waals surface area contributed by atoms with E-state index in [0.29, 0.717) is 6.04 Å². The maximum Gasteiger partial charge on any atom is 0.160 e. The lowest BCUT2D eigenvalue weighted by atomic mass is 9.97. The van der Waals surface area contributed by atoms with E-state index >= 15 is 0 Å². The molecule has 4 heterocycles. The fourth-order valence-corrected chi connectivity index (χ4v) is 4.19. The molecule has 4 rings (SSSR count). The normalized spacial score (nSPS) is 18.0. The van der Waals surface area contributed by atoms with E-state index in [2.05, 4.69) is 54.8 Å². The Bertz CT molecular complexity index is 775. The Hall–Kier alpha value is -1.99. The summed E-state index contributed by atoms with van der Waals surface area (Å²) >= 11 is 1.83. The van der Waals surface area contributed by atoms with Gasteiger partial charge in [-0.1, -0.05) is 13.0 Å². The lowest BCUT2D eigenvalue weighted by molar-refractivity contribution is 0.145. The number of hydrogen-bond acceptors (Lipinski definition) is 6. The number of likely N-dealkylation sites (tertiary alicyclic amines) is 1. The van der Waals surface area contributed by atoms with Crippen molar-refractivity contribution < 1.29 is 0 Å². The van der Waals surface area contributed by atoms with Crippen molar-refractivity contribution in [1.29, 1.82) is 0 Å². The van der Waals surface area contributed by atoms with Crippen molar-refractivity contribution in [1.82, 2.24) is 25.1 Å². The Morgan fingerprint density at radius 1 is 1.38 bits per heavy atom. The molecule has 0 bridgehead atoms. The van der Waals surface area contributed by atoms with E-state index in [1.165, 1.54) is 17.7 Å². The standard InChI is InChI=1S/C17H22N6S/c1-12-4-6-23(7-5-12)14(15-3-2-8-24-15)10-18-16-13-9-21-22-17(13)20-11-19-16/h2-3,8-9,11-12,14H,4-7,10H2,1H3,(H2,18,19,20,21,22)/t14-/m0/s1. The van der Waals surface area contributed by atoms with Crippen LogP contribution in [0.1, 0.15) is 30.7 Å². The number of rotatable bonds is 5. The lowest BCUT2D eigenvalue weighted by Gasteiger charge is -2.36. The van der Waals surface area contributed by atoms with E-state index in [1.54, 1.807) is 12.5 Å². The molecule has 0 saturated carbocycles. The van der Waals surface area contributed by atoms with Crippen LogP contribution >= 0.6 is 11.3 Å². The van der Waals surface area contributed by atoms with Gasteiger partial charge in [0.1, 0.15) is 12.1 Å². The number of nitrogens with one attached hydrogen (secondary N) is 2. The summed E-state index contributed by atoms with van der Waals surface area (Å²) in [7, 11) is 0. The maximum absolute atomic E-state index is 4.39. The van der Waals surface area contributed by atoms with Gasteiger partial charge in [-0.2, -0.15) is 5.10 Å². The summed E-state index contributed by atoms with van der Waals surface area (Å²) in [4.78, 5) is 12.6. The van der Waals surface area contributed by atoms with Crippen LogP contribution in [0.5, 0.6) is 0 Å². The zero-order valence-corrected chi connectivity index (χ0v) is 14.6. The molecule has 0 radical (unpaired) electrons. The Balaban J connectivity index is 1.53. The molecule has 0 aromatic carbocycles. The van der Waals surface area contributed by atoms with Gasteiger partial charge >= 0.3 is 0 Å². The SMILES string of the molecule is CC1CCN([C@@H](CNc2ncnc3[nH]ncc23)c2cccs2)CC1. The topological polar surface area (TPSA) is 69.7 Å². The van der Waals surface area contributed by atoms with Crippen LogP contribution in [0.15, 0.2) is 30.0 Å². The molecule has 2 N–H and O–H groups in total. The van der Waals surface area contributed by atoms with Crippen LogP contribution in [-0.2, 0) is 0 Å². The van der Waals surface area contributed by atoms with Crippen molar-refractivity contribution in [3.8, 4) is 0 Å². The molecule has 126 valence electrons. The molecule has 1 saturated heterocycles. The van der Waals surface area contributed by atoms with Gasteiger partial charge < -0.3 is 5.32 Å². The van der Waals surface area contributed by atoms with E-state index < -0.39 is 0 Å². The number of aromatic amines is 1. The first-order valence-corrected chi connectivity index (χ1v) is 9.34. The summed E-state index contributed by atoms with van der Waals surface area (Å²) in [6, 6.07) is 4.76. The molecule has 1 aliphatic rings. The molecular formula is C17H22N6S. The second kappa shape index (κ2) is 6.86. The lowest BCUT2D eigenvalue weighted by Crippen LogP contribution is -2.38. The molecule has 1 atom stereocenters. The van der Waals surface area contributed by atoms with Gasteiger partial charge in [-0.25, -0.2) is 9.97 Å². The number of hydrogen-bond donors (Lipinski definition) is 2. The Kier molecular flexibility index (Phi) is 4.44. The smallest absolute Gasteiger partial charge is 0.160 e. The van der Waals surface area contributed by atoms with Crippen molar-refractivity contribution in [3.63, 3.8) is 0 Å². The van der Waals surface area contributed by atoms with Crippen LogP contribution < -0.4 is 5.32 Å². The zero-order chi connectivity index (χ0) is 16.4. The highest BCUT2D eigenvalue weighted by atomic mass is 32.1. The number of H-pyrrole nitrogens is 1. The van der Waals surface area contributed by atoms with Crippen LogP contribution in [0.25, 0.3) is 11.0 Å². The molecule has 6 nitrogen and oxygen atoms in total. The largest absolute Gasteiger partial charge is 0.367 e. The van der Waals surface area contributed by atoms with Crippen LogP contribution in [0, 0.1) is 5.92 Å². The molecule has 3 aromatic rings. The van der Waals surface area contributed by atoms with Gasteiger partial charge in [0.05, 0.1) is 17.6 Å². The van der Waals surface area contributed by atoms with Crippen molar-refractivity contribution in [3.05, 3.63) is 34.9 Å². The van der Waals surface area contributed by atoms with Crippen molar-refractivity contribution in [2.45, 2.75) is 25.8 Å². The zero-order valence-electron chi connectivity index (χ0n) is 13.8. The third kappa shape index (κ3) is 3.14. The molecule has 0 unspecified atom stereocenters. The molecular weight excluding hydrogens is 320 g/mol. The van der Waals surface area contributed by atoms with Gasteiger partial charge in [-0.05, 0) is 43.3 Å². The summed E-state index contributed by atoms with van der Waals surface area (Å²) < 4.78 is 0. The van der Waals surface area contributed by atoms with E-state index in [0.717, 1.165) is 42.4 Å². The van der Waals surface area contributed by atoms with Gasteiger partial charge in [0.25, 0.3) is 0 Å². The number of fused-ring (bicyclic) bond motifs is 1. The second-order valence-electron chi connectivity index (χ2n) is 6.49. The van der Waals surface area contributed by atoms with Crippen LogP contribution in [0.2, 0.25) is 0 Å². The quantitative estimate of drug-likeness (QED) is 0.744. The fourth-order valence-electron chi connectivity index (χ4n) is 3.33. The number of piperidine rings is 1. The fraction of sp³-hybridized carbons (Fsp3) is 0.471. The average Bonchev–Trinajstić information content (AvgIpc) is 3.28.